The van der Waals surface area contributed by atoms with Crippen LogP contribution in [0.25, 0.3) is 22.1 Å². The number of rotatable bonds is 3. The van der Waals surface area contributed by atoms with Crippen molar-refractivity contribution in [3.8, 4) is 16.9 Å². The van der Waals surface area contributed by atoms with Gasteiger partial charge in [-0.1, -0.05) is 28.1 Å². The highest BCUT2D eigenvalue weighted by atomic mass is 79.9. The van der Waals surface area contributed by atoms with E-state index in [1.165, 1.54) is 0 Å². The minimum atomic E-state index is -0.0305. The second kappa shape index (κ2) is 7.21. The van der Waals surface area contributed by atoms with Crippen molar-refractivity contribution >= 4 is 26.9 Å². The molecule has 0 atom stereocenters. The summed E-state index contributed by atoms with van der Waals surface area (Å²) in [7, 11) is 0. The van der Waals surface area contributed by atoms with Crippen LogP contribution in [0.2, 0.25) is 0 Å². The fraction of sp³-hybridized carbons (Fsp3) is 0.174. The summed E-state index contributed by atoms with van der Waals surface area (Å²) in [6, 6.07) is 15.1. The van der Waals surface area contributed by atoms with E-state index in [1.54, 1.807) is 12.3 Å². The zero-order valence-corrected chi connectivity index (χ0v) is 17.4. The molecule has 0 radical (unpaired) electrons. The zero-order valence-electron chi connectivity index (χ0n) is 15.8. The van der Waals surface area contributed by atoms with Crippen molar-refractivity contribution in [2.24, 2.45) is 0 Å². The number of hydrogen-bond acceptors (Lipinski definition) is 5. The number of aryl methyl sites for hydroxylation is 1. The Morgan fingerprint density at radius 2 is 1.93 bits per heavy atom. The zero-order chi connectivity index (χ0) is 20.0. The van der Waals surface area contributed by atoms with E-state index in [-0.39, 0.29) is 5.43 Å². The third-order valence-corrected chi connectivity index (χ3v) is 5.70. The molecule has 2 aromatic carbocycles. The molecule has 0 unspecified atom stereocenters. The van der Waals surface area contributed by atoms with E-state index in [2.05, 4.69) is 20.8 Å². The maximum atomic E-state index is 13.3. The Kier molecular flexibility index (Phi) is 4.53. The average Bonchev–Trinajstić information content (AvgIpc) is 3.22. The van der Waals surface area contributed by atoms with E-state index in [1.807, 2.05) is 49.4 Å². The van der Waals surface area contributed by atoms with Gasteiger partial charge in [-0.2, -0.15) is 0 Å². The number of halogens is 1. The van der Waals surface area contributed by atoms with Crippen LogP contribution in [0.4, 0.5) is 0 Å². The first-order chi connectivity index (χ1) is 14.1. The number of nitrogens with zero attached hydrogens (tertiary/aromatic N) is 1. The van der Waals surface area contributed by atoms with Gasteiger partial charge in [0.15, 0.2) is 0 Å². The van der Waals surface area contributed by atoms with E-state index >= 15 is 0 Å². The summed E-state index contributed by atoms with van der Waals surface area (Å²) in [6.45, 7) is 3.54. The molecule has 0 N–H and O–H groups in total. The van der Waals surface area contributed by atoms with E-state index < -0.39 is 0 Å². The fourth-order valence-electron chi connectivity index (χ4n) is 3.79. The Morgan fingerprint density at radius 3 is 2.69 bits per heavy atom. The minimum absolute atomic E-state index is 0.0305. The summed E-state index contributed by atoms with van der Waals surface area (Å²) in [5, 5.41) is 0.565. The normalized spacial score (nSPS) is 14.0. The second-order valence-electron chi connectivity index (χ2n) is 7.13. The Labute approximate surface area is 175 Å². The van der Waals surface area contributed by atoms with Gasteiger partial charge in [-0.25, -0.2) is 0 Å². The molecule has 0 bridgehead atoms. The predicted octanol–water partition coefficient (Wildman–Crippen LogP) is 5.48. The van der Waals surface area contributed by atoms with E-state index in [9.17, 15) is 4.79 Å². The van der Waals surface area contributed by atoms with Crippen LogP contribution in [0.1, 0.15) is 17.1 Å². The molecule has 5 nitrogen and oxygen atoms in total. The maximum Gasteiger partial charge on any atom is 0.200 e. The van der Waals surface area contributed by atoms with Gasteiger partial charge in [0, 0.05) is 11.0 Å². The van der Waals surface area contributed by atoms with Gasteiger partial charge in [-0.3, -0.25) is 9.69 Å². The van der Waals surface area contributed by atoms with Gasteiger partial charge < -0.3 is 13.6 Å². The highest BCUT2D eigenvalue weighted by molar-refractivity contribution is 9.10. The molecule has 1 aliphatic rings. The summed E-state index contributed by atoms with van der Waals surface area (Å²) in [6.07, 6.45) is 1.66. The average molecular weight is 452 g/mol. The molecular formula is C23H18BrNO4. The number of fused-ring (bicyclic) bond motifs is 3. The summed E-state index contributed by atoms with van der Waals surface area (Å²) in [5.74, 6) is 2.22. The number of ether oxygens (including phenoxy) is 1. The molecule has 0 saturated carbocycles. The Morgan fingerprint density at radius 1 is 1.10 bits per heavy atom. The molecular weight excluding hydrogens is 434 g/mol. The summed E-state index contributed by atoms with van der Waals surface area (Å²) >= 11 is 3.44. The van der Waals surface area contributed by atoms with Crippen molar-refractivity contribution in [3.63, 3.8) is 0 Å². The first-order valence-electron chi connectivity index (χ1n) is 9.33. The molecule has 4 aromatic rings. The van der Waals surface area contributed by atoms with Gasteiger partial charge in [0.25, 0.3) is 0 Å². The molecule has 3 heterocycles. The van der Waals surface area contributed by atoms with Crippen molar-refractivity contribution in [2.75, 3.05) is 6.73 Å². The highest BCUT2D eigenvalue weighted by Gasteiger charge is 2.24. The lowest BCUT2D eigenvalue weighted by molar-refractivity contribution is 0.0826. The fourth-order valence-corrected chi connectivity index (χ4v) is 4.06. The predicted molar refractivity (Wildman–Crippen MR) is 114 cm³/mol. The Balaban J connectivity index is 1.60. The van der Waals surface area contributed by atoms with Crippen LogP contribution in [-0.4, -0.2) is 11.6 Å². The van der Waals surface area contributed by atoms with Crippen molar-refractivity contribution in [3.05, 3.63) is 86.6 Å². The van der Waals surface area contributed by atoms with Crippen LogP contribution in [0.3, 0.4) is 0 Å². The molecule has 6 heteroatoms. The second-order valence-corrected chi connectivity index (χ2v) is 8.04. The molecule has 0 saturated heterocycles. The third-order valence-electron chi connectivity index (χ3n) is 5.17. The van der Waals surface area contributed by atoms with Crippen molar-refractivity contribution in [1.82, 2.24) is 4.90 Å². The van der Waals surface area contributed by atoms with Crippen LogP contribution >= 0.6 is 15.9 Å². The lowest BCUT2D eigenvalue weighted by Crippen LogP contribution is -2.31. The summed E-state index contributed by atoms with van der Waals surface area (Å²) in [5.41, 5.74) is 2.89. The molecule has 0 aliphatic carbocycles. The maximum absolute atomic E-state index is 13.3. The van der Waals surface area contributed by atoms with Gasteiger partial charge >= 0.3 is 0 Å². The van der Waals surface area contributed by atoms with Crippen LogP contribution in [0, 0.1) is 6.92 Å². The van der Waals surface area contributed by atoms with Crippen molar-refractivity contribution < 1.29 is 13.6 Å². The van der Waals surface area contributed by atoms with Crippen LogP contribution in [0.5, 0.6) is 5.75 Å². The SMILES string of the molecule is Cc1oc2c3c(ccc2c(=O)c1-c1ccc(Br)cc1)OCN(Cc1ccco1)C3. The monoisotopic (exact) mass is 451 g/mol. The lowest BCUT2D eigenvalue weighted by Gasteiger charge is -2.28. The highest BCUT2D eigenvalue weighted by Crippen LogP contribution is 2.34. The molecule has 5 rings (SSSR count). The summed E-state index contributed by atoms with van der Waals surface area (Å²) < 4.78 is 18.5. The van der Waals surface area contributed by atoms with E-state index in [0.717, 1.165) is 27.1 Å². The van der Waals surface area contributed by atoms with E-state index in [0.29, 0.717) is 42.1 Å². The number of furan rings is 1. The van der Waals surface area contributed by atoms with E-state index in [4.69, 9.17) is 13.6 Å². The summed E-state index contributed by atoms with van der Waals surface area (Å²) in [4.78, 5) is 15.4. The molecule has 0 spiro atoms. The first-order valence-corrected chi connectivity index (χ1v) is 10.1. The molecule has 29 heavy (non-hydrogen) atoms. The van der Waals surface area contributed by atoms with Gasteiger partial charge in [-0.05, 0) is 48.9 Å². The smallest absolute Gasteiger partial charge is 0.200 e. The Hall–Kier alpha value is -2.83. The van der Waals surface area contributed by atoms with Crippen molar-refractivity contribution in [2.45, 2.75) is 20.0 Å². The molecule has 1 aliphatic heterocycles. The molecule has 2 aromatic heterocycles. The van der Waals surface area contributed by atoms with Crippen LogP contribution < -0.4 is 10.2 Å². The quantitative estimate of drug-likeness (QED) is 0.412. The minimum Gasteiger partial charge on any atom is -0.478 e. The molecule has 0 fully saturated rings. The van der Waals surface area contributed by atoms with Gasteiger partial charge in [-0.15, -0.1) is 0 Å². The van der Waals surface area contributed by atoms with Crippen molar-refractivity contribution in [1.29, 1.82) is 0 Å². The lowest BCUT2D eigenvalue weighted by atomic mass is 10.0. The van der Waals surface area contributed by atoms with Crippen LogP contribution in [0.15, 0.2) is 72.9 Å². The van der Waals surface area contributed by atoms with Crippen LogP contribution in [-0.2, 0) is 13.1 Å². The first kappa shape index (κ1) is 18.2. The van der Waals surface area contributed by atoms with Gasteiger partial charge in [0.05, 0.1) is 29.3 Å². The third kappa shape index (κ3) is 3.28. The standard InChI is InChI=1S/C23H18BrNO4/c1-14-21(15-4-6-16(24)7-5-15)22(26)18-8-9-20-19(23(18)29-14)12-25(13-28-20)11-17-3-2-10-27-17/h2-10H,11-13H2,1H3. The van der Waals surface area contributed by atoms with Gasteiger partial charge in [0.1, 0.15) is 29.6 Å². The largest absolute Gasteiger partial charge is 0.478 e. The van der Waals surface area contributed by atoms with Gasteiger partial charge in [0.2, 0.25) is 5.43 Å². The molecule has 0 amide bonds. The number of hydrogen-bond donors (Lipinski definition) is 0. The Bertz CT molecular complexity index is 1240. The molecule has 146 valence electrons. The topological polar surface area (TPSA) is 55.8 Å². The number of benzene rings is 2.